The second kappa shape index (κ2) is 6.95. The van der Waals surface area contributed by atoms with E-state index in [-0.39, 0.29) is 18.0 Å². The Hall–Kier alpha value is -2.26. The van der Waals surface area contributed by atoms with Gasteiger partial charge in [-0.05, 0) is 24.1 Å². The Morgan fingerprint density at radius 2 is 2.10 bits per heavy atom. The van der Waals surface area contributed by atoms with Crippen molar-refractivity contribution in [2.75, 3.05) is 13.1 Å². The van der Waals surface area contributed by atoms with Gasteiger partial charge in [-0.15, -0.1) is 0 Å². The van der Waals surface area contributed by atoms with E-state index in [0.717, 1.165) is 5.56 Å². The Bertz CT molecular complexity index is 664. The van der Waals surface area contributed by atoms with Crippen LogP contribution in [0.1, 0.15) is 12.0 Å². The summed E-state index contributed by atoms with van der Waals surface area (Å²) in [5.41, 5.74) is 14.8. The summed E-state index contributed by atoms with van der Waals surface area (Å²) < 4.78 is 26.5. The second-order valence-corrected chi connectivity index (χ2v) is 5.87. The van der Waals surface area contributed by atoms with Gasteiger partial charge in [0.05, 0.1) is 10.6 Å². The van der Waals surface area contributed by atoms with Crippen LogP contribution >= 0.6 is 0 Å². The number of hydrazine groups is 1. The molecule has 21 heavy (non-hydrogen) atoms. The molecule has 1 aliphatic heterocycles. The summed E-state index contributed by atoms with van der Waals surface area (Å²) in [5.74, 6) is 0. The number of hydrogen-bond donors (Lipinski definition) is 3. The third kappa shape index (κ3) is 4.10. The molecule has 0 aromatic heterocycles. The van der Waals surface area contributed by atoms with Crippen molar-refractivity contribution in [3.05, 3.63) is 46.5 Å². The summed E-state index contributed by atoms with van der Waals surface area (Å²) in [4.78, 5) is 7.57. The third-order valence-electron chi connectivity index (χ3n) is 2.69. The molecular weight excluding hydrogens is 296 g/mol. The highest BCUT2D eigenvalue weighted by Gasteiger charge is 2.14. The molecule has 3 N–H and O–H groups in total. The molecule has 1 aromatic carbocycles. The van der Waals surface area contributed by atoms with Crippen molar-refractivity contribution >= 4 is 15.7 Å². The SMILES string of the molecule is [N-]=[N+]=NCCCNS(=O)(=O)c1ccc(C2=CONN2)cc1. The summed E-state index contributed by atoms with van der Waals surface area (Å²) in [7, 11) is -3.56. The molecule has 9 nitrogen and oxygen atoms in total. The molecule has 0 fully saturated rings. The van der Waals surface area contributed by atoms with E-state index in [4.69, 9.17) is 10.4 Å². The molecule has 0 amide bonds. The minimum Gasteiger partial charge on any atom is -0.395 e. The molecule has 0 aliphatic carbocycles. The van der Waals surface area contributed by atoms with Crippen molar-refractivity contribution in [2.24, 2.45) is 5.11 Å². The fourth-order valence-corrected chi connectivity index (χ4v) is 2.71. The average molecular weight is 310 g/mol. The van der Waals surface area contributed by atoms with Crippen molar-refractivity contribution < 1.29 is 13.3 Å². The normalized spacial score (nSPS) is 13.8. The van der Waals surface area contributed by atoms with Gasteiger partial charge in [0.2, 0.25) is 10.0 Å². The van der Waals surface area contributed by atoms with Crippen LogP contribution in [0.2, 0.25) is 0 Å². The van der Waals surface area contributed by atoms with Gasteiger partial charge in [0.15, 0.2) is 0 Å². The first-order valence-corrected chi connectivity index (χ1v) is 7.59. The van der Waals surface area contributed by atoms with Crippen LogP contribution in [-0.2, 0) is 14.9 Å². The molecule has 0 atom stereocenters. The van der Waals surface area contributed by atoms with Crippen LogP contribution < -0.4 is 15.7 Å². The van der Waals surface area contributed by atoms with Gasteiger partial charge in [-0.3, -0.25) is 5.43 Å². The summed E-state index contributed by atoms with van der Waals surface area (Å²) in [6, 6.07) is 6.35. The Balaban J connectivity index is 1.98. The molecule has 0 saturated heterocycles. The van der Waals surface area contributed by atoms with Crippen LogP contribution in [0.25, 0.3) is 16.1 Å². The number of benzene rings is 1. The van der Waals surface area contributed by atoms with E-state index in [1.165, 1.54) is 18.4 Å². The summed E-state index contributed by atoms with van der Waals surface area (Å²) >= 11 is 0. The Morgan fingerprint density at radius 1 is 1.33 bits per heavy atom. The first-order chi connectivity index (χ1) is 10.1. The van der Waals surface area contributed by atoms with E-state index in [1.54, 1.807) is 12.1 Å². The number of nitrogens with zero attached hydrogens (tertiary/aromatic N) is 3. The lowest BCUT2D eigenvalue weighted by molar-refractivity contribution is 0.138. The van der Waals surface area contributed by atoms with Gasteiger partial charge < -0.3 is 4.84 Å². The van der Waals surface area contributed by atoms with Crippen LogP contribution in [0.3, 0.4) is 0 Å². The van der Waals surface area contributed by atoms with E-state index >= 15 is 0 Å². The van der Waals surface area contributed by atoms with Gasteiger partial charge in [0.1, 0.15) is 6.26 Å². The van der Waals surface area contributed by atoms with E-state index in [9.17, 15) is 8.42 Å². The Labute approximate surface area is 121 Å². The minimum atomic E-state index is -3.56. The summed E-state index contributed by atoms with van der Waals surface area (Å²) in [5, 5.41) is 3.33. The lowest BCUT2D eigenvalue weighted by Gasteiger charge is -2.07. The highest BCUT2D eigenvalue weighted by atomic mass is 32.2. The van der Waals surface area contributed by atoms with Gasteiger partial charge in [-0.1, -0.05) is 22.8 Å². The van der Waals surface area contributed by atoms with Crippen molar-refractivity contribution in [3.63, 3.8) is 0 Å². The Morgan fingerprint density at radius 3 is 2.71 bits per heavy atom. The highest BCUT2D eigenvalue weighted by Crippen LogP contribution is 2.16. The molecule has 1 aliphatic rings. The van der Waals surface area contributed by atoms with Gasteiger partial charge in [0.25, 0.3) is 0 Å². The van der Waals surface area contributed by atoms with Crippen molar-refractivity contribution in [3.8, 4) is 0 Å². The van der Waals surface area contributed by atoms with Crippen molar-refractivity contribution in [1.82, 2.24) is 15.7 Å². The van der Waals surface area contributed by atoms with Gasteiger partial charge in [-0.2, -0.15) is 0 Å². The second-order valence-electron chi connectivity index (χ2n) is 4.11. The predicted molar refractivity (Wildman–Crippen MR) is 75.6 cm³/mol. The number of nitrogens with one attached hydrogen (secondary N) is 3. The standard InChI is InChI=1S/C11H14N6O3S/c12-16-13-6-1-7-14-21(18,19)10-4-2-9(3-5-10)11-8-20-17-15-11/h2-5,8,14-15,17H,1,6-7H2. The van der Waals surface area contributed by atoms with Crippen LogP contribution in [-0.4, -0.2) is 21.5 Å². The maximum Gasteiger partial charge on any atom is 0.240 e. The fourth-order valence-electron chi connectivity index (χ4n) is 1.64. The Kier molecular flexibility index (Phi) is 5.01. The molecular formula is C11H14N6O3S. The number of rotatable bonds is 7. The monoisotopic (exact) mass is 310 g/mol. The largest absolute Gasteiger partial charge is 0.395 e. The highest BCUT2D eigenvalue weighted by molar-refractivity contribution is 7.89. The zero-order valence-electron chi connectivity index (χ0n) is 11.0. The van der Waals surface area contributed by atoms with Gasteiger partial charge in [-0.25, -0.2) is 13.1 Å². The van der Waals surface area contributed by atoms with Crippen molar-refractivity contribution in [1.29, 1.82) is 0 Å². The lowest BCUT2D eigenvalue weighted by atomic mass is 10.2. The van der Waals surface area contributed by atoms with Gasteiger partial charge >= 0.3 is 0 Å². The third-order valence-corrected chi connectivity index (χ3v) is 4.16. The maximum absolute atomic E-state index is 12.0. The van der Waals surface area contributed by atoms with E-state index in [2.05, 4.69) is 25.8 Å². The molecule has 1 aromatic rings. The summed E-state index contributed by atoms with van der Waals surface area (Å²) in [6.45, 7) is 0.471. The number of azide groups is 1. The quantitative estimate of drug-likeness (QED) is 0.299. The van der Waals surface area contributed by atoms with Crippen LogP contribution in [0, 0.1) is 0 Å². The van der Waals surface area contributed by atoms with Crippen LogP contribution in [0.15, 0.2) is 40.5 Å². The molecule has 2 rings (SSSR count). The van der Waals surface area contributed by atoms with Gasteiger partial charge in [0, 0.05) is 23.6 Å². The zero-order valence-corrected chi connectivity index (χ0v) is 11.8. The predicted octanol–water partition coefficient (Wildman–Crippen LogP) is 1.00. The average Bonchev–Trinajstić information content (AvgIpc) is 3.01. The van der Waals surface area contributed by atoms with Crippen LogP contribution in [0.5, 0.6) is 0 Å². The molecule has 112 valence electrons. The topological polar surface area (TPSA) is 128 Å². The van der Waals surface area contributed by atoms with E-state index in [0.29, 0.717) is 12.1 Å². The summed E-state index contributed by atoms with van der Waals surface area (Å²) in [6.07, 6.45) is 1.93. The van der Waals surface area contributed by atoms with E-state index in [1.807, 2.05) is 0 Å². The first-order valence-electron chi connectivity index (χ1n) is 6.11. The zero-order chi connectivity index (χ0) is 15.1. The maximum atomic E-state index is 12.0. The molecule has 0 bridgehead atoms. The van der Waals surface area contributed by atoms with Crippen molar-refractivity contribution in [2.45, 2.75) is 11.3 Å². The van der Waals surface area contributed by atoms with Crippen LogP contribution in [0.4, 0.5) is 0 Å². The molecule has 1 heterocycles. The fraction of sp³-hybridized carbons (Fsp3) is 0.273. The minimum absolute atomic E-state index is 0.169. The lowest BCUT2D eigenvalue weighted by Crippen LogP contribution is -2.25. The molecule has 10 heteroatoms. The molecule has 0 radical (unpaired) electrons. The molecule has 0 saturated carbocycles. The molecule has 0 unspecified atom stereocenters. The number of hydrogen-bond acceptors (Lipinski definition) is 6. The number of sulfonamides is 1. The van der Waals surface area contributed by atoms with E-state index < -0.39 is 10.0 Å². The first kappa shape index (κ1) is 15.1. The molecule has 0 spiro atoms. The smallest absolute Gasteiger partial charge is 0.240 e.